The second-order valence-corrected chi connectivity index (χ2v) is 5.50. The summed E-state index contributed by atoms with van der Waals surface area (Å²) in [7, 11) is 0. The third-order valence-corrected chi connectivity index (χ3v) is 4.37. The van der Waals surface area contributed by atoms with Crippen LogP contribution >= 0.6 is 11.3 Å². The normalized spacial score (nSPS) is 21.2. The van der Waals surface area contributed by atoms with Crippen LogP contribution in [0.4, 0.5) is 13.2 Å². The number of nitrogens with zero attached hydrogens (tertiary/aromatic N) is 1. The molecule has 0 aromatic carbocycles. The number of aliphatic hydroxyl groups is 1. The first kappa shape index (κ1) is 12.8. The van der Waals surface area contributed by atoms with Gasteiger partial charge in [0.1, 0.15) is 5.60 Å². The van der Waals surface area contributed by atoms with Crippen molar-refractivity contribution in [1.82, 2.24) is 4.98 Å². The Morgan fingerprint density at radius 2 is 1.76 bits per heavy atom. The smallest absolute Gasteiger partial charge is 0.384 e. The zero-order valence-electron chi connectivity index (χ0n) is 9.26. The molecule has 0 amide bonds. The highest BCUT2D eigenvalue weighted by atomic mass is 32.1. The van der Waals surface area contributed by atoms with Crippen LogP contribution in [0.1, 0.15) is 48.4 Å². The Morgan fingerprint density at radius 1 is 1.18 bits per heavy atom. The highest BCUT2D eigenvalue weighted by Crippen LogP contribution is 2.41. The Hall–Kier alpha value is -0.620. The largest absolute Gasteiger partial charge is 0.443 e. The van der Waals surface area contributed by atoms with Crippen LogP contribution in [0.2, 0.25) is 0 Å². The van der Waals surface area contributed by atoms with Crippen molar-refractivity contribution in [2.45, 2.75) is 50.3 Å². The van der Waals surface area contributed by atoms with Gasteiger partial charge in [-0.25, -0.2) is 4.98 Å². The number of aromatic nitrogens is 1. The summed E-state index contributed by atoms with van der Waals surface area (Å²) in [5.41, 5.74) is -1.10. The molecule has 6 heteroatoms. The molecule has 1 fully saturated rings. The lowest BCUT2D eigenvalue weighted by atomic mass is 9.93. The molecule has 2 nitrogen and oxygen atoms in total. The molecule has 1 N–H and O–H groups in total. The van der Waals surface area contributed by atoms with Gasteiger partial charge in [-0.15, -0.1) is 11.3 Å². The molecule has 1 heterocycles. The van der Waals surface area contributed by atoms with E-state index in [-0.39, 0.29) is 0 Å². The van der Waals surface area contributed by atoms with E-state index >= 15 is 0 Å². The van der Waals surface area contributed by atoms with Gasteiger partial charge in [0.25, 0.3) is 0 Å². The van der Waals surface area contributed by atoms with Crippen molar-refractivity contribution in [3.63, 3.8) is 0 Å². The van der Waals surface area contributed by atoms with Gasteiger partial charge < -0.3 is 5.11 Å². The van der Waals surface area contributed by atoms with E-state index in [4.69, 9.17) is 0 Å². The van der Waals surface area contributed by atoms with Crippen molar-refractivity contribution in [1.29, 1.82) is 0 Å². The summed E-state index contributed by atoms with van der Waals surface area (Å²) < 4.78 is 37.3. The van der Waals surface area contributed by atoms with E-state index in [0.717, 1.165) is 25.7 Å². The molecule has 0 spiro atoms. The van der Waals surface area contributed by atoms with Crippen LogP contribution in [-0.2, 0) is 11.8 Å². The van der Waals surface area contributed by atoms with Crippen LogP contribution in [0.3, 0.4) is 0 Å². The van der Waals surface area contributed by atoms with Gasteiger partial charge in [0.2, 0.25) is 0 Å². The van der Waals surface area contributed by atoms with E-state index in [0.29, 0.717) is 29.1 Å². The van der Waals surface area contributed by atoms with Gasteiger partial charge in [-0.05, 0) is 12.8 Å². The number of hydrogen-bond acceptors (Lipinski definition) is 3. The van der Waals surface area contributed by atoms with Crippen molar-refractivity contribution in [2.24, 2.45) is 0 Å². The van der Waals surface area contributed by atoms with Crippen molar-refractivity contribution in [3.05, 3.63) is 16.1 Å². The third-order valence-electron chi connectivity index (χ3n) is 3.14. The van der Waals surface area contributed by atoms with Crippen molar-refractivity contribution in [3.8, 4) is 0 Å². The second kappa shape index (κ2) is 4.57. The lowest BCUT2D eigenvalue weighted by Gasteiger charge is -2.24. The third kappa shape index (κ3) is 2.80. The molecule has 1 aliphatic rings. The van der Waals surface area contributed by atoms with Crippen LogP contribution in [0.25, 0.3) is 0 Å². The molecule has 2 rings (SSSR count). The van der Waals surface area contributed by atoms with Gasteiger partial charge >= 0.3 is 6.18 Å². The zero-order chi connectivity index (χ0) is 12.5. The first-order valence-corrected chi connectivity index (χ1v) is 6.49. The summed E-state index contributed by atoms with van der Waals surface area (Å²) in [6, 6.07) is 0. The quantitative estimate of drug-likeness (QED) is 0.785. The first-order chi connectivity index (χ1) is 7.92. The van der Waals surface area contributed by atoms with Gasteiger partial charge in [0.05, 0.1) is 4.88 Å². The Kier molecular flexibility index (Phi) is 3.45. The number of halogens is 3. The van der Waals surface area contributed by atoms with E-state index < -0.39 is 16.8 Å². The monoisotopic (exact) mass is 265 g/mol. The van der Waals surface area contributed by atoms with E-state index in [9.17, 15) is 18.3 Å². The predicted molar refractivity (Wildman–Crippen MR) is 58.7 cm³/mol. The fraction of sp³-hybridized carbons (Fsp3) is 0.727. The average molecular weight is 265 g/mol. The molecule has 1 aliphatic carbocycles. The minimum Gasteiger partial charge on any atom is -0.384 e. The lowest BCUT2D eigenvalue weighted by molar-refractivity contribution is -0.137. The Bertz CT molecular complexity index is 380. The molecule has 17 heavy (non-hydrogen) atoms. The molecule has 0 unspecified atom stereocenters. The van der Waals surface area contributed by atoms with Gasteiger partial charge in [0, 0.05) is 6.20 Å². The second-order valence-electron chi connectivity index (χ2n) is 4.47. The number of rotatable bonds is 1. The molecular formula is C11H14F3NOS. The molecule has 0 bridgehead atoms. The van der Waals surface area contributed by atoms with Crippen LogP contribution in [0.5, 0.6) is 0 Å². The summed E-state index contributed by atoms with van der Waals surface area (Å²) in [4.78, 5) is 3.73. The van der Waals surface area contributed by atoms with E-state index in [1.165, 1.54) is 6.20 Å². The van der Waals surface area contributed by atoms with Gasteiger partial charge in [-0.1, -0.05) is 25.7 Å². The lowest BCUT2D eigenvalue weighted by Crippen LogP contribution is -2.23. The highest BCUT2D eigenvalue weighted by molar-refractivity contribution is 7.11. The molecule has 1 saturated carbocycles. The van der Waals surface area contributed by atoms with Crippen molar-refractivity contribution in [2.75, 3.05) is 0 Å². The average Bonchev–Trinajstić information content (AvgIpc) is 2.64. The predicted octanol–water partition coefficient (Wildman–Crippen LogP) is 3.70. The van der Waals surface area contributed by atoms with Gasteiger partial charge in [-0.3, -0.25) is 0 Å². The maximum absolute atomic E-state index is 12.4. The molecule has 1 aromatic rings. The molecule has 1 aromatic heterocycles. The SMILES string of the molecule is OC1(c2cnc(C(F)(F)F)s2)CCCCCC1. The van der Waals surface area contributed by atoms with Crippen LogP contribution in [0, 0.1) is 0 Å². The minimum atomic E-state index is -4.41. The molecule has 96 valence electrons. The Labute approximate surface area is 101 Å². The van der Waals surface area contributed by atoms with Crippen LogP contribution < -0.4 is 0 Å². The summed E-state index contributed by atoms with van der Waals surface area (Å²) in [6.07, 6.45) is 1.62. The number of hydrogen-bond donors (Lipinski definition) is 1. The molecule has 0 atom stereocenters. The van der Waals surface area contributed by atoms with Crippen molar-refractivity contribution >= 4 is 11.3 Å². The highest BCUT2D eigenvalue weighted by Gasteiger charge is 2.38. The summed E-state index contributed by atoms with van der Waals surface area (Å²) in [5, 5.41) is 9.53. The molecule has 0 radical (unpaired) electrons. The van der Waals surface area contributed by atoms with Crippen LogP contribution in [-0.4, -0.2) is 10.1 Å². The Morgan fingerprint density at radius 3 is 2.24 bits per heavy atom. The molecule has 0 saturated heterocycles. The molecular weight excluding hydrogens is 251 g/mol. The van der Waals surface area contributed by atoms with Gasteiger partial charge in [-0.2, -0.15) is 13.2 Å². The maximum Gasteiger partial charge on any atom is 0.443 e. The topological polar surface area (TPSA) is 33.1 Å². The maximum atomic E-state index is 12.4. The number of alkyl halides is 3. The Balaban J connectivity index is 2.23. The summed E-state index contributed by atoms with van der Waals surface area (Å²) >= 11 is 0.568. The summed E-state index contributed by atoms with van der Waals surface area (Å²) in [5.74, 6) is 0. The van der Waals surface area contributed by atoms with E-state index in [2.05, 4.69) is 4.98 Å². The zero-order valence-corrected chi connectivity index (χ0v) is 10.1. The molecule has 0 aliphatic heterocycles. The minimum absolute atomic E-state index is 0.353. The van der Waals surface area contributed by atoms with E-state index in [1.54, 1.807) is 0 Å². The summed E-state index contributed by atoms with van der Waals surface area (Å²) in [6.45, 7) is 0. The fourth-order valence-electron chi connectivity index (χ4n) is 2.18. The fourth-order valence-corrected chi connectivity index (χ4v) is 3.11. The first-order valence-electron chi connectivity index (χ1n) is 5.68. The van der Waals surface area contributed by atoms with Crippen LogP contribution in [0.15, 0.2) is 6.20 Å². The van der Waals surface area contributed by atoms with Crippen molar-refractivity contribution < 1.29 is 18.3 Å². The van der Waals surface area contributed by atoms with E-state index in [1.807, 2.05) is 0 Å². The number of thiazole rings is 1. The van der Waals surface area contributed by atoms with Gasteiger partial charge in [0.15, 0.2) is 5.01 Å². The standard InChI is InChI=1S/C11H14F3NOS/c12-11(13,14)9-15-7-8(17-9)10(16)5-3-1-2-4-6-10/h7,16H,1-6H2.